The standard InChI is InChI=1S/C20H17N3O3S2/c1-3-11-22(20-21-16(13-28-20)14-7-5-4-6-8-14)19(24)15-9-10-18(27-2)17(12-15)23(25)26/h3-10,12-13H,1,11H2,2H3. The van der Waals surface area contributed by atoms with E-state index in [1.807, 2.05) is 35.7 Å². The molecule has 0 aliphatic rings. The molecule has 0 unspecified atom stereocenters. The first-order valence-electron chi connectivity index (χ1n) is 8.31. The van der Waals surface area contributed by atoms with Crippen LogP contribution in [0.1, 0.15) is 10.4 Å². The van der Waals surface area contributed by atoms with Gasteiger partial charge >= 0.3 is 0 Å². The number of thiazole rings is 1. The lowest BCUT2D eigenvalue weighted by Crippen LogP contribution is -2.31. The molecule has 0 saturated carbocycles. The first-order valence-corrected chi connectivity index (χ1v) is 10.4. The second kappa shape index (κ2) is 8.81. The number of nitro benzene ring substituents is 1. The zero-order chi connectivity index (χ0) is 20.1. The third-order valence-electron chi connectivity index (χ3n) is 3.97. The number of aromatic nitrogens is 1. The van der Waals surface area contributed by atoms with Gasteiger partial charge in [0.2, 0.25) is 0 Å². The van der Waals surface area contributed by atoms with E-state index in [9.17, 15) is 14.9 Å². The van der Waals surface area contributed by atoms with Crippen molar-refractivity contribution < 1.29 is 9.72 Å². The lowest BCUT2D eigenvalue weighted by Gasteiger charge is -2.18. The Bertz CT molecular complexity index is 1020. The molecule has 1 heterocycles. The Morgan fingerprint density at radius 2 is 2.07 bits per heavy atom. The van der Waals surface area contributed by atoms with E-state index in [-0.39, 0.29) is 23.7 Å². The summed E-state index contributed by atoms with van der Waals surface area (Å²) in [4.78, 5) is 30.5. The Labute approximate surface area is 170 Å². The number of hydrogen-bond donors (Lipinski definition) is 0. The van der Waals surface area contributed by atoms with Gasteiger partial charge in [0.1, 0.15) is 0 Å². The Hall–Kier alpha value is -2.97. The molecule has 0 atom stereocenters. The topological polar surface area (TPSA) is 76.3 Å². The molecular weight excluding hydrogens is 394 g/mol. The van der Waals surface area contributed by atoms with Crippen LogP contribution >= 0.6 is 23.1 Å². The quantitative estimate of drug-likeness (QED) is 0.229. The molecule has 28 heavy (non-hydrogen) atoms. The molecule has 2 aromatic carbocycles. The predicted octanol–water partition coefficient (Wildman–Crippen LogP) is 5.27. The highest BCUT2D eigenvalue weighted by Crippen LogP contribution is 2.31. The van der Waals surface area contributed by atoms with E-state index in [1.165, 1.54) is 34.1 Å². The molecule has 1 amide bonds. The summed E-state index contributed by atoms with van der Waals surface area (Å²) in [7, 11) is 0. The number of rotatable bonds is 7. The van der Waals surface area contributed by atoms with Gasteiger partial charge in [-0.3, -0.25) is 19.8 Å². The van der Waals surface area contributed by atoms with Crippen LogP contribution in [0.4, 0.5) is 10.8 Å². The number of thioether (sulfide) groups is 1. The van der Waals surface area contributed by atoms with Crippen LogP contribution in [-0.4, -0.2) is 28.6 Å². The smallest absolute Gasteiger partial charge is 0.280 e. The van der Waals surface area contributed by atoms with Crippen LogP contribution in [0.2, 0.25) is 0 Å². The molecule has 142 valence electrons. The fourth-order valence-corrected chi connectivity index (χ4v) is 4.02. The van der Waals surface area contributed by atoms with E-state index in [1.54, 1.807) is 24.5 Å². The minimum atomic E-state index is -0.475. The molecule has 8 heteroatoms. The van der Waals surface area contributed by atoms with Gasteiger partial charge in [0, 0.05) is 29.1 Å². The Kier molecular flexibility index (Phi) is 6.23. The summed E-state index contributed by atoms with van der Waals surface area (Å²) < 4.78 is 0. The molecule has 1 aromatic heterocycles. The Balaban J connectivity index is 1.96. The van der Waals surface area contributed by atoms with Gasteiger partial charge in [0.05, 0.1) is 15.5 Å². The van der Waals surface area contributed by atoms with E-state index >= 15 is 0 Å². The number of amides is 1. The van der Waals surface area contributed by atoms with E-state index in [2.05, 4.69) is 11.6 Å². The second-order valence-electron chi connectivity index (χ2n) is 5.73. The zero-order valence-corrected chi connectivity index (χ0v) is 16.7. The predicted molar refractivity (Wildman–Crippen MR) is 114 cm³/mol. The number of carbonyl (C=O) groups is 1. The number of nitrogens with zero attached hydrogens (tertiary/aromatic N) is 3. The minimum Gasteiger partial charge on any atom is -0.280 e. The van der Waals surface area contributed by atoms with Crippen LogP contribution < -0.4 is 4.90 Å². The number of nitro groups is 1. The molecule has 0 spiro atoms. The van der Waals surface area contributed by atoms with Crippen molar-refractivity contribution in [3.05, 3.63) is 82.2 Å². The molecule has 0 aliphatic carbocycles. The molecule has 6 nitrogen and oxygen atoms in total. The average Bonchev–Trinajstić information content (AvgIpc) is 3.21. The Morgan fingerprint density at radius 3 is 2.71 bits per heavy atom. The summed E-state index contributed by atoms with van der Waals surface area (Å²) in [5.74, 6) is -0.357. The van der Waals surface area contributed by atoms with E-state index in [0.29, 0.717) is 10.0 Å². The van der Waals surface area contributed by atoms with E-state index in [4.69, 9.17) is 0 Å². The van der Waals surface area contributed by atoms with Crippen molar-refractivity contribution >= 4 is 39.8 Å². The van der Waals surface area contributed by atoms with Gasteiger partial charge in [-0.15, -0.1) is 29.7 Å². The molecule has 0 radical (unpaired) electrons. The largest absolute Gasteiger partial charge is 0.283 e. The van der Waals surface area contributed by atoms with Crippen molar-refractivity contribution in [2.24, 2.45) is 0 Å². The van der Waals surface area contributed by atoms with Gasteiger partial charge in [-0.25, -0.2) is 4.98 Å². The zero-order valence-electron chi connectivity index (χ0n) is 15.1. The minimum absolute atomic E-state index is 0.0824. The number of carbonyl (C=O) groups excluding carboxylic acids is 1. The van der Waals surface area contributed by atoms with Gasteiger partial charge in [0.25, 0.3) is 11.6 Å². The maximum atomic E-state index is 13.1. The van der Waals surface area contributed by atoms with Crippen LogP contribution in [0.25, 0.3) is 11.3 Å². The second-order valence-corrected chi connectivity index (χ2v) is 7.41. The van der Waals surface area contributed by atoms with Crippen LogP contribution in [0.5, 0.6) is 0 Å². The van der Waals surface area contributed by atoms with Gasteiger partial charge in [-0.1, -0.05) is 36.4 Å². The molecule has 3 rings (SSSR count). The van der Waals surface area contributed by atoms with Gasteiger partial charge in [-0.05, 0) is 18.4 Å². The summed E-state index contributed by atoms with van der Waals surface area (Å²) in [6, 6.07) is 14.2. The van der Waals surface area contributed by atoms with E-state index in [0.717, 1.165) is 11.3 Å². The highest BCUT2D eigenvalue weighted by molar-refractivity contribution is 7.98. The van der Waals surface area contributed by atoms with Crippen molar-refractivity contribution in [1.82, 2.24) is 4.98 Å². The van der Waals surface area contributed by atoms with Gasteiger partial charge in [-0.2, -0.15) is 0 Å². The highest BCUT2D eigenvalue weighted by Gasteiger charge is 2.23. The third-order valence-corrected chi connectivity index (χ3v) is 5.62. The van der Waals surface area contributed by atoms with Crippen LogP contribution in [0, 0.1) is 10.1 Å². The summed E-state index contributed by atoms with van der Waals surface area (Å²) in [6.07, 6.45) is 3.36. The summed E-state index contributed by atoms with van der Waals surface area (Å²) in [5.41, 5.74) is 1.88. The Morgan fingerprint density at radius 1 is 1.32 bits per heavy atom. The normalized spacial score (nSPS) is 10.5. The van der Waals surface area contributed by atoms with Crippen molar-refractivity contribution in [3.8, 4) is 11.3 Å². The fourth-order valence-electron chi connectivity index (χ4n) is 2.63. The van der Waals surface area contributed by atoms with Crippen molar-refractivity contribution in [2.45, 2.75) is 4.90 Å². The molecule has 3 aromatic rings. The van der Waals surface area contributed by atoms with Crippen LogP contribution in [-0.2, 0) is 0 Å². The number of benzene rings is 2. The van der Waals surface area contributed by atoms with Crippen LogP contribution in [0.15, 0.2) is 71.5 Å². The third kappa shape index (κ3) is 4.13. The molecule has 0 N–H and O–H groups in total. The maximum absolute atomic E-state index is 13.1. The monoisotopic (exact) mass is 411 g/mol. The number of hydrogen-bond acceptors (Lipinski definition) is 6. The molecule has 0 aliphatic heterocycles. The maximum Gasteiger partial charge on any atom is 0.283 e. The van der Waals surface area contributed by atoms with Crippen molar-refractivity contribution in [2.75, 3.05) is 17.7 Å². The van der Waals surface area contributed by atoms with E-state index < -0.39 is 4.92 Å². The fraction of sp³-hybridized carbons (Fsp3) is 0.100. The number of anilines is 1. The van der Waals surface area contributed by atoms with Crippen molar-refractivity contribution in [1.29, 1.82) is 0 Å². The summed E-state index contributed by atoms with van der Waals surface area (Å²) >= 11 is 2.61. The average molecular weight is 412 g/mol. The van der Waals surface area contributed by atoms with Gasteiger partial charge < -0.3 is 0 Å². The van der Waals surface area contributed by atoms with Crippen molar-refractivity contribution in [3.63, 3.8) is 0 Å². The summed E-state index contributed by atoms with van der Waals surface area (Å²) in [6.45, 7) is 3.96. The lowest BCUT2D eigenvalue weighted by molar-refractivity contribution is -0.387. The SMILES string of the molecule is C=CCN(C(=O)c1ccc(SC)c([N+](=O)[O-])c1)c1nc(-c2ccccc2)cs1. The highest BCUT2D eigenvalue weighted by atomic mass is 32.2. The molecular formula is C20H17N3O3S2. The summed E-state index contributed by atoms with van der Waals surface area (Å²) in [5, 5.41) is 13.7. The van der Waals surface area contributed by atoms with Crippen LogP contribution in [0.3, 0.4) is 0 Å². The first kappa shape index (κ1) is 19.8. The lowest BCUT2D eigenvalue weighted by atomic mass is 10.1. The molecule has 0 bridgehead atoms. The molecule has 0 saturated heterocycles. The molecule has 0 fully saturated rings. The van der Waals surface area contributed by atoms with Gasteiger partial charge in [0.15, 0.2) is 5.13 Å². The first-order chi connectivity index (χ1) is 13.5.